The molecule has 0 radical (unpaired) electrons. The van der Waals surface area contributed by atoms with Crippen LogP contribution in [0, 0.1) is 5.92 Å². The van der Waals surface area contributed by atoms with Crippen molar-refractivity contribution in [2.45, 2.75) is 45.6 Å². The third-order valence-electron chi connectivity index (χ3n) is 5.59. The topological polar surface area (TPSA) is 70.7 Å². The van der Waals surface area contributed by atoms with Crippen LogP contribution < -0.4 is 10.6 Å². The molecule has 0 bridgehead atoms. The number of amides is 2. The molecule has 0 unspecified atom stereocenters. The Bertz CT molecular complexity index is 629. The number of ether oxygens (including phenoxy) is 1. The van der Waals surface area contributed by atoms with E-state index < -0.39 is 0 Å². The van der Waals surface area contributed by atoms with E-state index in [2.05, 4.69) is 29.4 Å². The van der Waals surface area contributed by atoms with Gasteiger partial charge in [-0.25, -0.2) is 0 Å². The predicted molar refractivity (Wildman–Crippen MR) is 116 cm³/mol. The van der Waals surface area contributed by atoms with Gasteiger partial charge in [-0.05, 0) is 36.6 Å². The molecule has 1 aromatic rings. The summed E-state index contributed by atoms with van der Waals surface area (Å²) in [7, 11) is 0. The average Bonchev–Trinajstić information content (AvgIpc) is 2.75. The molecule has 1 heterocycles. The van der Waals surface area contributed by atoms with Crippen molar-refractivity contribution in [1.29, 1.82) is 0 Å². The first-order valence-corrected chi connectivity index (χ1v) is 11.0. The van der Waals surface area contributed by atoms with Gasteiger partial charge in [0.05, 0.1) is 13.2 Å². The van der Waals surface area contributed by atoms with Gasteiger partial charge in [0.2, 0.25) is 5.91 Å². The average molecular weight is 424 g/mol. The Balaban J connectivity index is 1.71. The Morgan fingerprint density at radius 2 is 1.76 bits per heavy atom. The van der Waals surface area contributed by atoms with Gasteiger partial charge in [-0.2, -0.15) is 0 Å². The van der Waals surface area contributed by atoms with E-state index in [1.807, 2.05) is 0 Å². The Morgan fingerprint density at radius 1 is 1.10 bits per heavy atom. The first-order valence-electron chi connectivity index (χ1n) is 10.7. The van der Waals surface area contributed by atoms with Crippen LogP contribution in [0.5, 0.6) is 0 Å². The molecule has 1 atom stereocenters. The van der Waals surface area contributed by atoms with E-state index in [-0.39, 0.29) is 11.8 Å². The van der Waals surface area contributed by atoms with Crippen molar-refractivity contribution < 1.29 is 14.3 Å². The van der Waals surface area contributed by atoms with Crippen molar-refractivity contribution in [3.05, 3.63) is 34.9 Å². The fourth-order valence-corrected chi connectivity index (χ4v) is 3.92. The molecular weight excluding hydrogens is 390 g/mol. The molecule has 6 nitrogen and oxygen atoms in total. The highest BCUT2D eigenvalue weighted by molar-refractivity contribution is 6.30. The van der Waals surface area contributed by atoms with E-state index in [1.165, 1.54) is 0 Å². The molecule has 1 aliphatic rings. The number of morpholine rings is 1. The highest BCUT2D eigenvalue weighted by Crippen LogP contribution is 2.19. The van der Waals surface area contributed by atoms with Crippen molar-refractivity contribution in [2.75, 3.05) is 39.4 Å². The summed E-state index contributed by atoms with van der Waals surface area (Å²) in [5, 5.41) is 6.55. The van der Waals surface area contributed by atoms with Gasteiger partial charge >= 0.3 is 0 Å². The van der Waals surface area contributed by atoms with E-state index in [4.69, 9.17) is 16.3 Å². The third-order valence-corrected chi connectivity index (χ3v) is 5.84. The summed E-state index contributed by atoms with van der Waals surface area (Å²) in [4.78, 5) is 26.8. The Kier molecular flexibility index (Phi) is 10.5. The highest BCUT2D eigenvalue weighted by atomic mass is 35.5. The molecule has 2 rings (SSSR count). The van der Waals surface area contributed by atoms with Crippen molar-refractivity contribution in [2.24, 2.45) is 5.92 Å². The molecule has 0 spiro atoms. The van der Waals surface area contributed by atoms with Crippen LogP contribution in [0.1, 0.15) is 49.9 Å². The molecule has 1 aromatic carbocycles. The van der Waals surface area contributed by atoms with E-state index in [0.29, 0.717) is 48.5 Å². The van der Waals surface area contributed by atoms with E-state index >= 15 is 0 Å². The van der Waals surface area contributed by atoms with Crippen LogP contribution in [0.25, 0.3) is 0 Å². The van der Waals surface area contributed by atoms with Crippen LogP contribution in [0.15, 0.2) is 24.3 Å². The molecule has 1 fully saturated rings. The molecule has 2 amide bonds. The maximum atomic E-state index is 12.3. The van der Waals surface area contributed by atoms with Crippen LogP contribution in [-0.2, 0) is 9.53 Å². The summed E-state index contributed by atoms with van der Waals surface area (Å²) >= 11 is 5.83. The SMILES string of the molecule is CCC(CC)[C@@H](CNC(=O)CCCNC(=O)c1ccc(Cl)cc1)N1CCOCC1. The third kappa shape index (κ3) is 7.96. The molecule has 2 N–H and O–H groups in total. The number of carbonyl (C=O) groups is 2. The highest BCUT2D eigenvalue weighted by Gasteiger charge is 2.27. The van der Waals surface area contributed by atoms with Gasteiger partial charge in [0, 0.05) is 49.2 Å². The van der Waals surface area contributed by atoms with Crippen LogP contribution in [-0.4, -0.2) is 62.1 Å². The lowest BCUT2D eigenvalue weighted by Crippen LogP contribution is -2.52. The predicted octanol–water partition coefficient (Wildman–Crippen LogP) is 3.10. The molecule has 1 aliphatic heterocycles. The molecule has 0 aromatic heterocycles. The maximum Gasteiger partial charge on any atom is 0.251 e. The first-order chi connectivity index (χ1) is 14.0. The molecule has 162 valence electrons. The second-order valence-corrected chi connectivity index (χ2v) is 7.90. The smallest absolute Gasteiger partial charge is 0.251 e. The summed E-state index contributed by atoms with van der Waals surface area (Å²) in [5.74, 6) is 0.449. The zero-order valence-electron chi connectivity index (χ0n) is 17.6. The van der Waals surface area contributed by atoms with Crippen molar-refractivity contribution in [3.8, 4) is 0 Å². The normalized spacial score (nSPS) is 15.9. The number of carbonyl (C=O) groups excluding carboxylic acids is 2. The quantitative estimate of drug-likeness (QED) is 0.536. The maximum absolute atomic E-state index is 12.3. The molecular formula is C22H34ClN3O3. The van der Waals surface area contributed by atoms with Gasteiger partial charge in [0.25, 0.3) is 5.91 Å². The minimum atomic E-state index is -0.150. The van der Waals surface area contributed by atoms with Gasteiger partial charge in [-0.1, -0.05) is 38.3 Å². The summed E-state index contributed by atoms with van der Waals surface area (Å²) in [6, 6.07) is 7.10. The number of hydrogen-bond acceptors (Lipinski definition) is 4. The summed E-state index contributed by atoms with van der Waals surface area (Å²) < 4.78 is 5.47. The van der Waals surface area contributed by atoms with Crippen LogP contribution in [0.3, 0.4) is 0 Å². The van der Waals surface area contributed by atoms with Crippen molar-refractivity contribution in [3.63, 3.8) is 0 Å². The monoisotopic (exact) mass is 423 g/mol. The van der Waals surface area contributed by atoms with Crippen molar-refractivity contribution >= 4 is 23.4 Å². The zero-order valence-corrected chi connectivity index (χ0v) is 18.3. The number of rotatable bonds is 11. The lowest BCUT2D eigenvalue weighted by atomic mass is 9.92. The number of halogens is 1. The van der Waals surface area contributed by atoms with Gasteiger partial charge < -0.3 is 15.4 Å². The Morgan fingerprint density at radius 3 is 2.38 bits per heavy atom. The molecule has 0 aliphatic carbocycles. The van der Waals surface area contributed by atoms with Gasteiger partial charge in [0.15, 0.2) is 0 Å². The molecule has 7 heteroatoms. The second-order valence-electron chi connectivity index (χ2n) is 7.46. The van der Waals surface area contributed by atoms with E-state index in [9.17, 15) is 9.59 Å². The molecule has 0 saturated carbocycles. The summed E-state index contributed by atoms with van der Waals surface area (Å²) in [6.07, 6.45) is 3.22. The Labute approximate surface area is 179 Å². The standard InChI is InChI=1S/C22H34ClN3O3/c1-3-17(4-2)20(26-12-14-29-15-13-26)16-25-21(27)6-5-11-24-22(28)18-7-9-19(23)10-8-18/h7-10,17,20H,3-6,11-16H2,1-2H3,(H,24,28)(H,25,27)/t20-/m1/s1. The number of nitrogens with zero attached hydrogens (tertiary/aromatic N) is 1. The Hall–Kier alpha value is -1.63. The van der Waals surface area contributed by atoms with Gasteiger partial charge in [-0.3, -0.25) is 14.5 Å². The minimum absolute atomic E-state index is 0.0370. The summed E-state index contributed by atoms with van der Waals surface area (Å²) in [6.45, 7) is 8.94. The fourth-order valence-electron chi connectivity index (χ4n) is 3.80. The lowest BCUT2D eigenvalue weighted by Gasteiger charge is -2.38. The molecule has 29 heavy (non-hydrogen) atoms. The van der Waals surface area contributed by atoms with Gasteiger partial charge in [-0.15, -0.1) is 0 Å². The number of benzene rings is 1. The number of nitrogens with one attached hydrogen (secondary N) is 2. The minimum Gasteiger partial charge on any atom is -0.379 e. The lowest BCUT2D eigenvalue weighted by molar-refractivity contribution is -0.121. The fraction of sp³-hybridized carbons (Fsp3) is 0.636. The van der Waals surface area contributed by atoms with Crippen LogP contribution in [0.2, 0.25) is 5.02 Å². The van der Waals surface area contributed by atoms with Crippen LogP contribution >= 0.6 is 11.6 Å². The summed E-state index contributed by atoms with van der Waals surface area (Å²) in [5.41, 5.74) is 0.567. The van der Waals surface area contributed by atoms with E-state index in [1.54, 1.807) is 24.3 Å². The van der Waals surface area contributed by atoms with Crippen molar-refractivity contribution in [1.82, 2.24) is 15.5 Å². The van der Waals surface area contributed by atoms with Crippen LogP contribution in [0.4, 0.5) is 0 Å². The zero-order chi connectivity index (χ0) is 21.1. The number of hydrogen-bond donors (Lipinski definition) is 2. The van der Waals surface area contributed by atoms with Gasteiger partial charge in [0.1, 0.15) is 0 Å². The molecule has 1 saturated heterocycles. The largest absolute Gasteiger partial charge is 0.379 e. The first kappa shape index (κ1) is 23.6. The van der Waals surface area contributed by atoms with E-state index in [0.717, 1.165) is 39.1 Å². The second kappa shape index (κ2) is 12.8.